The summed E-state index contributed by atoms with van der Waals surface area (Å²) in [7, 11) is -4.67. The topological polar surface area (TPSA) is 132 Å². The Balaban J connectivity index is 0.00000184. The molecule has 10 heteroatoms. The highest BCUT2D eigenvalue weighted by Crippen LogP contribution is 2.21. The van der Waals surface area contributed by atoms with Crippen LogP contribution in [0.4, 0.5) is 0 Å². The first-order valence-corrected chi connectivity index (χ1v) is 13.0. The van der Waals surface area contributed by atoms with Crippen molar-refractivity contribution in [3.05, 3.63) is 29.8 Å². The van der Waals surface area contributed by atoms with Gasteiger partial charge in [-0.15, -0.1) is 0 Å². The van der Waals surface area contributed by atoms with Crippen LogP contribution in [0.25, 0.3) is 0 Å². The molecule has 33 heavy (non-hydrogen) atoms. The fourth-order valence-electron chi connectivity index (χ4n) is 2.94. The largest absolute Gasteiger partial charge is 0.491 e. The minimum atomic E-state index is -4.67. The minimum absolute atomic E-state index is 0.0469. The van der Waals surface area contributed by atoms with E-state index in [-0.39, 0.29) is 6.61 Å². The summed E-state index contributed by atoms with van der Waals surface area (Å²) in [4.78, 5) is 0. The van der Waals surface area contributed by atoms with E-state index in [9.17, 15) is 0 Å². The second kappa shape index (κ2) is 22.5. The van der Waals surface area contributed by atoms with Crippen LogP contribution >= 0.6 is 0 Å². The van der Waals surface area contributed by atoms with Crippen LogP contribution in [-0.4, -0.2) is 75.5 Å². The van der Waals surface area contributed by atoms with Gasteiger partial charge in [-0.25, -0.2) is 0 Å². The molecule has 1 rings (SSSR count). The molecular formula is C23H42O9S. The third kappa shape index (κ3) is 25.2. The second-order valence-corrected chi connectivity index (χ2v) is 8.23. The molecule has 0 heterocycles. The van der Waals surface area contributed by atoms with Crippen LogP contribution in [0.2, 0.25) is 0 Å². The van der Waals surface area contributed by atoms with Gasteiger partial charge in [0.15, 0.2) is 0 Å². The third-order valence-electron chi connectivity index (χ3n) is 4.49. The summed E-state index contributed by atoms with van der Waals surface area (Å²) in [5.41, 5.74) is 1.29. The Labute approximate surface area is 199 Å². The Morgan fingerprint density at radius 1 is 0.727 bits per heavy atom. The van der Waals surface area contributed by atoms with Gasteiger partial charge >= 0.3 is 10.4 Å². The zero-order valence-corrected chi connectivity index (χ0v) is 20.6. The summed E-state index contributed by atoms with van der Waals surface area (Å²) < 4.78 is 53.5. The first-order chi connectivity index (χ1) is 15.9. The van der Waals surface area contributed by atoms with E-state index in [1.54, 1.807) is 0 Å². The van der Waals surface area contributed by atoms with E-state index in [1.165, 1.54) is 50.5 Å². The maximum Gasteiger partial charge on any atom is 0.394 e. The zero-order chi connectivity index (χ0) is 24.6. The first kappa shape index (κ1) is 31.7. The Hall–Kier alpha value is -1.27. The van der Waals surface area contributed by atoms with E-state index < -0.39 is 10.4 Å². The van der Waals surface area contributed by atoms with Gasteiger partial charge in [0, 0.05) is 0 Å². The van der Waals surface area contributed by atoms with E-state index in [0.717, 1.165) is 12.2 Å². The Bertz CT molecular complexity index is 645. The fraction of sp³-hybridized carbons (Fsp3) is 0.739. The normalized spacial score (nSPS) is 11.2. The van der Waals surface area contributed by atoms with Crippen molar-refractivity contribution in [2.24, 2.45) is 0 Å². The summed E-state index contributed by atoms with van der Waals surface area (Å²) in [6, 6.07) is 8.32. The molecule has 0 aliphatic rings. The Morgan fingerprint density at radius 3 is 1.79 bits per heavy atom. The van der Waals surface area contributed by atoms with Crippen LogP contribution in [0.3, 0.4) is 0 Å². The molecule has 194 valence electrons. The quantitative estimate of drug-likeness (QED) is 0.183. The fourth-order valence-corrected chi connectivity index (χ4v) is 2.94. The lowest BCUT2D eigenvalue weighted by atomic mass is 10.0. The van der Waals surface area contributed by atoms with E-state index in [4.69, 9.17) is 41.6 Å². The van der Waals surface area contributed by atoms with Gasteiger partial charge in [-0.2, -0.15) is 8.42 Å². The zero-order valence-electron chi connectivity index (χ0n) is 19.8. The number of benzene rings is 1. The van der Waals surface area contributed by atoms with Crippen molar-refractivity contribution in [1.29, 1.82) is 0 Å². The molecule has 0 unspecified atom stereocenters. The Morgan fingerprint density at radius 2 is 1.21 bits per heavy atom. The maximum atomic E-state index is 8.74. The van der Waals surface area contributed by atoms with Gasteiger partial charge in [0.05, 0.1) is 46.2 Å². The van der Waals surface area contributed by atoms with Crippen molar-refractivity contribution in [1.82, 2.24) is 0 Å². The summed E-state index contributed by atoms with van der Waals surface area (Å²) in [6.07, 6.45) is 10.4. The predicted octanol–water partition coefficient (Wildman–Crippen LogP) is 3.75. The van der Waals surface area contributed by atoms with Gasteiger partial charge in [0.2, 0.25) is 0 Å². The number of hydrogen-bond acceptors (Lipinski definition) is 7. The smallest absolute Gasteiger partial charge is 0.394 e. The van der Waals surface area contributed by atoms with Crippen molar-refractivity contribution in [2.75, 3.05) is 52.9 Å². The van der Waals surface area contributed by atoms with E-state index >= 15 is 0 Å². The number of hydrogen-bond donors (Lipinski definition) is 3. The molecule has 0 saturated heterocycles. The summed E-state index contributed by atoms with van der Waals surface area (Å²) >= 11 is 0. The molecule has 0 spiro atoms. The summed E-state index contributed by atoms with van der Waals surface area (Å²) in [5, 5.41) is 8.58. The first-order valence-electron chi connectivity index (χ1n) is 11.6. The van der Waals surface area contributed by atoms with Crippen molar-refractivity contribution in [2.45, 2.75) is 58.3 Å². The van der Waals surface area contributed by atoms with Gasteiger partial charge in [0.25, 0.3) is 0 Å². The van der Waals surface area contributed by atoms with Crippen molar-refractivity contribution < 1.29 is 41.6 Å². The molecule has 0 bridgehead atoms. The number of unbranched alkanes of at least 4 members (excludes halogenated alkanes) is 6. The second-order valence-electron chi connectivity index (χ2n) is 7.34. The maximum absolute atomic E-state index is 8.74. The van der Waals surface area contributed by atoms with Crippen LogP contribution in [0.5, 0.6) is 5.75 Å². The van der Waals surface area contributed by atoms with Gasteiger partial charge in [-0.05, 0) is 24.5 Å². The number of rotatable bonds is 20. The molecular weight excluding hydrogens is 452 g/mol. The molecule has 0 saturated carbocycles. The summed E-state index contributed by atoms with van der Waals surface area (Å²) in [5.74, 6) is 0.981. The number of ether oxygens (including phenoxy) is 4. The van der Waals surface area contributed by atoms with E-state index in [1.807, 2.05) is 12.1 Å². The number of para-hydroxylation sites is 1. The van der Waals surface area contributed by atoms with Crippen LogP contribution < -0.4 is 4.74 Å². The molecule has 9 nitrogen and oxygen atoms in total. The van der Waals surface area contributed by atoms with E-state index in [2.05, 4.69) is 19.1 Å². The van der Waals surface area contributed by atoms with Crippen LogP contribution in [-0.2, 0) is 31.0 Å². The highest BCUT2D eigenvalue weighted by atomic mass is 32.3. The molecule has 0 aliphatic carbocycles. The van der Waals surface area contributed by atoms with Crippen LogP contribution in [0.1, 0.15) is 57.4 Å². The minimum Gasteiger partial charge on any atom is -0.491 e. The van der Waals surface area contributed by atoms with Gasteiger partial charge in [0.1, 0.15) is 12.4 Å². The number of aliphatic hydroxyl groups excluding tert-OH is 1. The summed E-state index contributed by atoms with van der Waals surface area (Å²) in [6.45, 7) is 5.87. The van der Waals surface area contributed by atoms with Crippen molar-refractivity contribution in [3.8, 4) is 5.75 Å². The lowest BCUT2D eigenvalue weighted by molar-refractivity contribution is 0.00357. The SMILES string of the molecule is CCCCCCCCCc1ccccc1OCCOCCOCCOCCO.O=S(=O)(O)O. The van der Waals surface area contributed by atoms with Crippen LogP contribution in [0.15, 0.2) is 24.3 Å². The lowest BCUT2D eigenvalue weighted by Crippen LogP contribution is -2.13. The van der Waals surface area contributed by atoms with Gasteiger partial charge in [-0.3, -0.25) is 9.11 Å². The van der Waals surface area contributed by atoms with Crippen molar-refractivity contribution in [3.63, 3.8) is 0 Å². The van der Waals surface area contributed by atoms with Gasteiger partial charge in [-0.1, -0.05) is 63.6 Å². The molecule has 0 aromatic heterocycles. The lowest BCUT2D eigenvalue weighted by Gasteiger charge is -2.12. The molecule has 0 amide bonds. The predicted molar refractivity (Wildman–Crippen MR) is 127 cm³/mol. The van der Waals surface area contributed by atoms with Gasteiger partial charge < -0.3 is 24.1 Å². The van der Waals surface area contributed by atoms with E-state index in [0.29, 0.717) is 46.2 Å². The highest BCUT2D eigenvalue weighted by Gasteiger charge is 2.03. The average Bonchev–Trinajstić information content (AvgIpc) is 2.76. The number of aliphatic hydroxyl groups is 1. The highest BCUT2D eigenvalue weighted by molar-refractivity contribution is 7.79. The molecule has 0 aliphatic heterocycles. The average molecular weight is 495 g/mol. The third-order valence-corrected chi connectivity index (χ3v) is 4.49. The Kier molecular flexibility index (Phi) is 21.7. The molecule has 1 aromatic rings. The molecule has 1 aromatic carbocycles. The standard InChI is InChI=1S/C23H40O5.H2O4S/c1-2-3-4-5-6-7-8-11-22-12-9-10-13-23(22)28-21-20-27-19-18-26-17-16-25-15-14-24;1-5(2,3)4/h9-10,12-13,24H,2-8,11,14-21H2,1H3;(H2,1,2,3,4). The monoisotopic (exact) mass is 494 g/mol. The van der Waals surface area contributed by atoms with Crippen LogP contribution in [0, 0.1) is 0 Å². The number of aryl methyl sites for hydroxylation is 1. The molecule has 0 radical (unpaired) electrons. The molecule has 0 fully saturated rings. The molecule has 3 N–H and O–H groups in total. The molecule has 0 atom stereocenters. The van der Waals surface area contributed by atoms with Crippen molar-refractivity contribution >= 4 is 10.4 Å².